The number of nitrogens with one attached hydrogen (secondary N) is 1. The highest BCUT2D eigenvalue weighted by molar-refractivity contribution is 6.30. The van der Waals surface area contributed by atoms with Gasteiger partial charge in [0, 0.05) is 24.2 Å². The van der Waals surface area contributed by atoms with Crippen molar-refractivity contribution in [3.8, 4) is 0 Å². The summed E-state index contributed by atoms with van der Waals surface area (Å²) in [6.07, 6.45) is 4.70. The lowest BCUT2D eigenvalue weighted by atomic mass is 9.84. The molecule has 5 heteroatoms. The molecule has 0 amide bonds. The first-order valence-electron chi connectivity index (χ1n) is 8.04. The Hall–Kier alpha value is -0.580. The van der Waals surface area contributed by atoms with Crippen molar-refractivity contribution in [1.82, 2.24) is 20.0 Å². The fourth-order valence-corrected chi connectivity index (χ4v) is 3.91. The highest BCUT2D eigenvalue weighted by atomic mass is 35.5. The molecule has 1 aromatic rings. The smallest absolute Gasteiger partial charge is 0.130 e. The third-order valence-corrected chi connectivity index (χ3v) is 5.79. The summed E-state index contributed by atoms with van der Waals surface area (Å²) in [5.74, 6) is 0. The second-order valence-corrected chi connectivity index (χ2v) is 6.79. The van der Waals surface area contributed by atoms with Gasteiger partial charge in [-0.1, -0.05) is 18.5 Å². The van der Waals surface area contributed by atoms with Crippen molar-refractivity contribution in [2.45, 2.75) is 58.0 Å². The number of likely N-dealkylation sites (N-methyl/N-ethyl adjacent to an activating group) is 1. The average molecular weight is 313 g/mol. The van der Waals surface area contributed by atoms with Crippen LogP contribution in [-0.4, -0.2) is 46.4 Å². The lowest BCUT2D eigenvalue weighted by Crippen LogP contribution is -2.58. The van der Waals surface area contributed by atoms with E-state index in [4.69, 9.17) is 11.6 Å². The maximum absolute atomic E-state index is 6.43. The van der Waals surface area contributed by atoms with E-state index in [2.05, 4.69) is 36.2 Å². The van der Waals surface area contributed by atoms with E-state index in [1.54, 1.807) is 4.68 Å². The summed E-state index contributed by atoms with van der Waals surface area (Å²) in [5, 5.41) is 8.76. The van der Waals surface area contributed by atoms with Crippen molar-refractivity contribution in [2.24, 2.45) is 7.05 Å². The van der Waals surface area contributed by atoms with E-state index in [0.717, 1.165) is 23.7 Å². The third kappa shape index (κ3) is 3.13. The topological polar surface area (TPSA) is 33.1 Å². The first-order valence-corrected chi connectivity index (χ1v) is 8.42. The lowest BCUT2D eigenvalue weighted by Gasteiger charge is -2.44. The molecule has 1 aliphatic heterocycles. The van der Waals surface area contributed by atoms with Crippen LogP contribution >= 0.6 is 11.6 Å². The molecule has 4 nitrogen and oxygen atoms in total. The number of halogens is 1. The second kappa shape index (κ2) is 6.67. The third-order valence-electron chi connectivity index (χ3n) is 5.32. The van der Waals surface area contributed by atoms with Crippen LogP contribution in [0.1, 0.15) is 44.4 Å². The minimum Gasteiger partial charge on any atom is -0.315 e. The number of aryl methyl sites for hydroxylation is 2. The molecular formula is C16H29ClN4. The highest BCUT2D eigenvalue weighted by Crippen LogP contribution is 2.31. The molecule has 2 rings (SSSR count). The zero-order chi connectivity index (χ0) is 15.6. The van der Waals surface area contributed by atoms with E-state index in [9.17, 15) is 0 Å². The lowest BCUT2D eigenvalue weighted by molar-refractivity contribution is 0.0873. The molecule has 2 heterocycles. The number of nitrogens with zero attached hydrogens (tertiary/aromatic N) is 3. The number of likely N-dealkylation sites (tertiary alicyclic amines) is 1. The molecule has 2 atom stereocenters. The summed E-state index contributed by atoms with van der Waals surface area (Å²) in [6, 6.07) is 0.376. The summed E-state index contributed by atoms with van der Waals surface area (Å²) < 4.78 is 1.78. The molecule has 1 aliphatic rings. The van der Waals surface area contributed by atoms with Crippen molar-refractivity contribution >= 4 is 11.6 Å². The Labute approximate surface area is 133 Å². The van der Waals surface area contributed by atoms with E-state index in [-0.39, 0.29) is 5.54 Å². The molecule has 21 heavy (non-hydrogen) atoms. The zero-order valence-corrected chi connectivity index (χ0v) is 14.8. The molecule has 2 unspecified atom stereocenters. The van der Waals surface area contributed by atoms with Crippen molar-refractivity contribution in [3.05, 3.63) is 16.4 Å². The van der Waals surface area contributed by atoms with Crippen LogP contribution in [0.3, 0.4) is 0 Å². The monoisotopic (exact) mass is 312 g/mol. The van der Waals surface area contributed by atoms with Gasteiger partial charge in [0.1, 0.15) is 5.15 Å². The molecular weight excluding hydrogens is 284 g/mol. The standard InChI is InChI=1S/C16H29ClN4/c1-6-16(3,21-9-7-8-10-21)14(18-4)11-13-12(2)19-20(5)15(13)17/h14,18H,6-11H2,1-5H3. The Balaban J connectivity index is 2.25. The van der Waals surface area contributed by atoms with Crippen LogP contribution in [-0.2, 0) is 13.5 Å². The number of hydrogen-bond acceptors (Lipinski definition) is 3. The van der Waals surface area contributed by atoms with Gasteiger partial charge in [-0.25, -0.2) is 0 Å². The fourth-order valence-electron chi connectivity index (χ4n) is 3.66. The Morgan fingerprint density at radius 2 is 2.00 bits per heavy atom. The van der Waals surface area contributed by atoms with Crippen LogP contribution in [0.2, 0.25) is 5.15 Å². The van der Waals surface area contributed by atoms with E-state index in [1.165, 1.54) is 31.5 Å². The van der Waals surface area contributed by atoms with Crippen molar-refractivity contribution in [1.29, 1.82) is 0 Å². The van der Waals surface area contributed by atoms with E-state index >= 15 is 0 Å². The number of hydrogen-bond donors (Lipinski definition) is 1. The van der Waals surface area contributed by atoms with Crippen molar-refractivity contribution < 1.29 is 0 Å². The van der Waals surface area contributed by atoms with E-state index < -0.39 is 0 Å². The first kappa shape index (κ1) is 16.8. The molecule has 1 N–H and O–H groups in total. The predicted molar refractivity (Wildman–Crippen MR) is 89.0 cm³/mol. The molecule has 0 radical (unpaired) electrons. The van der Waals surface area contributed by atoms with Gasteiger partial charge in [-0.05, 0) is 59.7 Å². The van der Waals surface area contributed by atoms with Crippen molar-refractivity contribution in [3.63, 3.8) is 0 Å². The van der Waals surface area contributed by atoms with Crippen LogP contribution in [0.25, 0.3) is 0 Å². The van der Waals surface area contributed by atoms with Gasteiger partial charge in [0.25, 0.3) is 0 Å². The normalized spacial score (nSPS) is 20.7. The Kier molecular flexibility index (Phi) is 5.33. The summed E-state index contributed by atoms with van der Waals surface area (Å²) in [5.41, 5.74) is 2.39. The Bertz CT molecular complexity index is 479. The largest absolute Gasteiger partial charge is 0.315 e. The molecule has 120 valence electrons. The van der Waals surface area contributed by atoms with Gasteiger partial charge < -0.3 is 5.32 Å². The van der Waals surface area contributed by atoms with Crippen LogP contribution in [0.5, 0.6) is 0 Å². The van der Waals surface area contributed by atoms with E-state index in [0.29, 0.717) is 6.04 Å². The molecule has 1 aromatic heterocycles. The average Bonchev–Trinajstić information content (AvgIpc) is 3.08. The first-order chi connectivity index (χ1) is 9.93. The summed E-state index contributed by atoms with van der Waals surface area (Å²) in [7, 11) is 3.97. The molecule has 0 bridgehead atoms. The fraction of sp³-hybridized carbons (Fsp3) is 0.812. The maximum Gasteiger partial charge on any atom is 0.130 e. The van der Waals surface area contributed by atoms with E-state index in [1.807, 2.05) is 14.0 Å². The minimum atomic E-state index is 0.164. The second-order valence-electron chi connectivity index (χ2n) is 6.43. The Morgan fingerprint density at radius 1 is 1.38 bits per heavy atom. The van der Waals surface area contributed by atoms with Gasteiger partial charge in [-0.15, -0.1) is 0 Å². The van der Waals surface area contributed by atoms with Gasteiger partial charge in [0.2, 0.25) is 0 Å². The summed E-state index contributed by atoms with van der Waals surface area (Å²) >= 11 is 6.43. The number of aromatic nitrogens is 2. The van der Waals surface area contributed by atoms with Gasteiger partial charge in [0.05, 0.1) is 5.69 Å². The van der Waals surface area contributed by atoms with Gasteiger partial charge in [0.15, 0.2) is 0 Å². The molecule has 1 saturated heterocycles. The highest BCUT2D eigenvalue weighted by Gasteiger charge is 2.39. The Morgan fingerprint density at radius 3 is 2.43 bits per heavy atom. The molecule has 0 aliphatic carbocycles. The summed E-state index contributed by atoms with van der Waals surface area (Å²) in [4.78, 5) is 2.65. The van der Waals surface area contributed by atoms with Gasteiger partial charge in [-0.3, -0.25) is 9.58 Å². The minimum absolute atomic E-state index is 0.164. The molecule has 0 saturated carbocycles. The molecule has 0 spiro atoms. The predicted octanol–water partition coefficient (Wildman–Crippen LogP) is 2.78. The van der Waals surface area contributed by atoms with Crippen LogP contribution in [0.4, 0.5) is 0 Å². The van der Waals surface area contributed by atoms with Crippen LogP contribution in [0, 0.1) is 6.92 Å². The molecule has 1 fully saturated rings. The molecule has 0 aromatic carbocycles. The van der Waals surface area contributed by atoms with Gasteiger partial charge >= 0.3 is 0 Å². The van der Waals surface area contributed by atoms with Crippen LogP contribution in [0.15, 0.2) is 0 Å². The number of rotatable bonds is 6. The van der Waals surface area contributed by atoms with Gasteiger partial charge in [-0.2, -0.15) is 5.10 Å². The van der Waals surface area contributed by atoms with Crippen molar-refractivity contribution in [2.75, 3.05) is 20.1 Å². The van der Waals surface area contributed by atoms with Crippen LogP contribution < -0.4 is 5.32 Å². The quantitative estimate of drug-likeness (QED) is 0.877. The summed E-state index contributed by atoms with van der Waals surface area (Å²) in [6.45, 7) is 9.15. The zero-order valence-electron chi connectivity index (χ0n) is 14.0. The maximum atomic E-state index is 6.43. The SMILES string of the molecule is CCC(C)(C(Cc1c(C)nn(C)c1Cl)NC)N1CCCC1.